The number of aromatic nitrogens is 2. The van der Waals surface area contributed by atoms with Crippen molar-refractivity contribution in [2.45, 2.75) is 6.92 Å². The number of rotatable bonds is 1. The van der Waals surface area contributed by atoms with Crippen LogP contribution < -0.4 is 0 Å². The number of nitrogens with zero attached hydrogens (tertiary/aromatic N) is 5. The molecular weight excluding hydrogens is 226 g/mol. The summed E-state index contributed by atoms with van der Waals surface area (Å²) in [6, 6.07) is 11.1. The summed E-state index contributed by atoms with van der Waals surface area (Å²) >= 11 is 0. The molecule has 0 atom stereocenters. The van der Waals surface area contributed by atoms with Crippen molar-refractivity contribution in [2.75, 3.05) is 0 Å². The van der Waals surface area contributed by atoms with Gasteiger partial charge in [-0.25, -0.2) is 4.98 Å². The Morgan fingerprint density at radius 2 is 1.89 bits per heavy atom. The van der Waals surface area contributed by atoms with Gasteiger partial charge in [0, 0.05) is 5.69 Å². The minimum atomic E-state index is 0.0968. The molecule has 5 nitrogen and oxygen atoms in total. The van der Waals surface area contributed by atoms with E-state index in [-0.39, 0.29) is 11.4 Å². The van der Waals surface area contributed by atoms with E-state index in [1.54, 1.807) is 18.2 Å². The fraction of sp³-hybridized carbons (Fsp3) is 0.0769. The molecule has 0 amide bonds. The Hall–Kier alpha value is -3.10. The van der Waals surface area contributed by atoms with Crippen molar-refractivity contribution in [1.82, 2.24) is 9.55 Å². The molecule has 0 unspecified atom stereocenters. The van der Waals surface area contributed by atoms with Crippen LogP contribution in [0.4, 0.5) is 0 Å². The van der Waals surface area contributed by atoms with E-state index in [9.17, 15) is 0 Å². The molecule has 2 aromatic rings. The molecule has 0 saturated carbocycles. The molecule has 0 aliphatic heterocycles. The third-order valence-corrected chi connectivity index (χ3v) is 2.59. The first-order valence-electron chi connectivity index (χ1n) is 5.10. The minimum absolute atomic E-state index is 0.0968. The number of hydrogen-bond acceptors (Lipinski definition) is 4. The molecule has 5 heteroatoms. The summed E-state index contributed by atoms with van der Waals surface area (Å²) in [5.74, 6) is 0. The molecule has 1 aromatic carbocycles. The first kappa shape index (κ1) is 11.4. The summed E-state index contributed by atoms with van der Waals surface area (Å²) in [6.45, 7) is 1.82. The highest BCUT2D eigenvalue weighted by atomic mass is 15.1. The zero-order chi connectivity index (χ0) is 13.1. The summed E-state index contributed by atoms with van der Waals surface area (Å²) in [5.41, 5.74) is 2.39. The van der Waals surface area contributed by atoms with Gasteiger partial charge in [0.25, 0.3) is 0 Å². The molecule has 0 saturated heterocycles. The van der Waals surface area contributed by atoms with Crippen molar-refractivity contribution in [3.63, 3.8) is 0 Å². The van der Waals surface area contributed by atoms with Crippen LogP contribution in [0.1, 0.15) is 22.5 Å². The second-order valence-electron chi connectivity index (χ2n) is 3.65. The summed E-state index contributed by atoms with van der Waals surface area (Å²) in [5, 5.41) is 26.7. The van der Waals surface area contributed by atoms with Gasteiger partial charge in [0.05, 0.1) is 11.6 Å². The van der Waals surface area contributed by atoms with Crippen LogP contribution in [0, 0.1) is 40.9 Å². The minimum Gasteiger partial charge on any atom is -0.289 e. The van der Waals surface area contributed by atoms with E-state index < -0.39 is 0 Å². The predicted octanol–water partition coefficient (Wildman–Crippen LogP) is 1.80. The van der Waals surface area contributed by atoms with Crippen LogP contribution in [-0.2, 0) is 0 Å². The smallest absolute Gasteiger partial charge is 0.177 e. The maximum Gasteiger partial charge on any atom is 0.177 e. The van der Waals surface area contributed by atoms with Crippen LogP contribution in [-0.4, -0.2) is 9.55 Å². The van der Waals surface area contributed by atoms with Crippen LogP contribution in [0.25, 0.3) is 5.69 Å². The molecule has 0 aliphatic rings. The number of hydrogen-bond donors (Lipinski definition) is 0. The van der Waals surface area contributed by atoms with Gasteiger partial charge in [0.2, 0.25) is 0 Å². The number of aryl methyl sites for hydroxylation is 1. The molecule has 0 spiro atoms. The van der Waals surface area contributed by atoms with E-state index >= 15 is 0 Å². The summed E-state index contributed by atoms with van der Waals surface area (Å²) < 4.78 is 1.53. The number of imidazole rings is 1. The Bertz CT molecular complexity index is 734. The standard InChI is InChI=1S/C13H7N5/c1-9-4-11(3-2-10(9)5-14)18-8-17-12(6-15)13(18)7-16/h2-4,8H,1H3. The van der Waals surface area contributed by atoms with E-state index in [4.69, 9.17) is 15.8 Å². The molecule has 0 bridgehead atoms. The van der Waals surface area contributed by atoms with Crippen LogP contribution >= 0.6 is 0 Å². The summed E-state index contributed by atoms with van der Waals surface area (Å²) in [4.78, 5) is 3.87. The van der Waals surface area contributed by atoms with Crippen molar-refractivity contribution < 1.29 is 0 Å². The molecule has 0 N–H and O–H groups in total. The van der Waals surface area contributed by atoms with Gasteiger partial charge in [-0.05, 0) is 30.7 Å². The lowest BCUT2D eigenvalue weighted by atomic mass is 10.1. The fourth-order valence-electron chi connectivity index (χ4n) is 1.66. The van der Waals surface area contributed by atoms with E-state index in [2.05, 4.69) is 11.1 Å². The molecule has 1 aromatic heterocycles. The van der Waals surface area contributed by atoms with Crippen molar-refractivity contribution in [3.05, 3.63) is 47.0 Å². The third-order valence-electron chi connectivity index (χ3n) is 2.59. The van der Waals surface area contributed by atoms with Gasteiger partial charge in [-0.2, -0.15) is 15.8 Å². The van der Waals surface area contributed by atoms with Gasteiger partial charge >= 0.3 is 0 Å². The predicted molar refractivity (Wildman–Crippen MR) is 62.4 cm³/mol. The van der Waals surface area contributed by atoms with Crippen LogP contribution in [0.2, 0.25) is 0 Å². The largest absolute Gasteiger partial charge is 0.289 e. The molecule has 2 rings (SSSR count). The SMILES string of the molecule is Cc1cc(-n2cnc(C#N)c2C#N)ccc1C#N. The third kappa shape index (κ3) is 1.69. The molecule has 0 aliphatic carbocycles. The zero-order valence-electron chi connectivity index (χ0n) is 9.55. The molecule has 1 heterocycles. The van der Waals surface area contributed by atoms with Gasteiger partial charge in [-0.1, -0.05) is 0 Å². The average molecular weight is 233 g/mol. The van der Waals surface area contributed by atoms with Gasteiger partial charge in [0.1, 0.15) is 18.5 Å². The van der Waals surface area contributed by atoms with Gasteiger partial charge in [0.15, 0.2) is 11.4 Å². The van der Waals surface area contributed by atoms with E-state index in [0.29, 0.717) is 11.3 Å². The lowest BCUT2D eigenvalue weighted by Gasteiger charge is -2.05. The monoisotopic (exact) mass is 233 g/mol. The highest BCUT2D eigenvalue weighted by Crippen LogP contribution is 2.17. The van der Waals surface area contributed by atoms with Crippen molar-refractivity contribution in [2.24, 2.45) is 0 Å². The normalized spacial score (nSPS) is 9.22. The van der Waals surface area contributed by atoms with Crippen LogP contribution in [0.5, 0.6) is 0 Å². The molecule has 84 valence electrons. The van der Waals surface area contributed by atoms with Crippen molar-refractivity contribution >= 4 is 0 Å². The lowest BCUT2D eigenvalue weighted by molar-refractivity contribution is 1.03. The highest BCUT2D eigenvalue weighted by molar-refractivity contribution is 5.49. The second kappa shape index (κ2) is 4.41. The Kier molecular flexibility index (Phi) is 2.79. The summed E-state index contributed by atoms with van der Waals surface area (Å²) in [7, 11) is 0. The maximum absolute atomic E-state index is 9.04. The Morgan fingerprint density at radius 1 is 1.11 bits per heavy atom. The van der Waals surface area contributed by atoms with Gasteiger partial charge in [-0.15, -0.1) is 0 Å². The molecule has 18 heavy (non-hydrogen) atoms. The molecule has 0 fully saturated rings. The summed E-state index contributed by atoms with van der Waals surface area (Å²) in [6.07, 6.45) is 1.43. The first-order chi connectivity index (χ1) is 8.71. The lowest BCUT2D eigenvalue weighted by Crippen LogP contribution is -1.97. The highest BCUT2D eigenvalue weighted by Gasteiger charge is 2.11. The Balaban J connectivity index is 2.62. The van der Waals surface area contributed by atoms with E-state index in [1.165, 1.54) is 10.9 Å². The second-order valence-corrected chi connectivity index (χ2v) is 3.65. The first-order valence-corrected chi connectivity index (χ1v) is 5.10. The van der Waals surface area contributed by atoms with Gasteiger partial charge in [-0.3, -0.25) is 4.57 Å². The Morgan fingerprint density at radius 3 is 2.44 bits per heavy atom. The number of nitriles is 3. The quantitative estimate of drug-likeness (QED) is 0.751. The van der Waals surface area contributed by atoms with Crippen molar-refractivity contribution in [3.8, 4) is 23.9 Å². The van der Waals surface area contributed by atoms with Crippen molar-refractivity contribution in [1.29, 1.82) is 15.8 Å². The van der Waals surface area contributed by atoms with Crippen LogP contribution in [0.3, 0.4) is 0 Å². The van der Waals surface area contributed by atoms with Gasteiger partial charge < -0.3 is 0 Å². The van der Waals surface area contributed by atoms with E-state index in [1.807, 2.05) is 19.1 Å². The zero-order valence-corrected chi connectivity index (χ0v) is 9.55. The number of benzene rings is 1. The fourth-order valence-corrected chi connectivity index (χ4v) is 1.66. The topological polar surface area (TPSA) is 89.2 Å². The van der Waals surface area contributed by atoms with Crippen LogP contribution in [0.15, 0.2) is 24.5 Å². The average Bonchev–Trinajstić information content (AvgIpc) is 2.81. The Labute approximate surface area is 104 Å². The maximum atomic E-state index is 9.04. The molecule has 0 radical (unpaired) electrons. The van der Waals surface area contributed by atoms with E-state index in [0.717, 1.165) is 5.56 Å². The molecular formula is C13H7N5.